The molecule has 0 spiro atoms. The molecular weight excluding hydrogens is 853 g/mol. The standard InChI is InChI=1S/C47H86N8O11/c1-7-9-29-62-35-40(33-51-31-38(51)5)65-43(57)49-24-18-12-15-21-27-54-45(59)53(26-20-14-11-17-23-48-42(56)64-37(3)4)46(60)55(47(54)61)28-22-16-13-19-25-50-44(58)66-41(34-52-32-39(52)6)36-63-30-10-8-2/h37-41H,7-36H2,1-6H3,(H,48,56)(H,49,57)(H,50,58). The fourth-order valence-electron chi connectivity index (χ4n) is 7.50. The van der Waals surface area contributed by atoms with Crippen molar-refractivity contribution in [3.05, 3.63) is 31.5 Å². The quantitative estimate of drug-likeness (QED) is 0.0443. The number of nitrogens with one attached hydrogen (secondary N) is 3. The largest absolute Gasteiger partial charge is 0.447 e. The summed E-state index contributed by atoms with van der Waals surface area (Å²) >= 11 is 0. The molecule has 0 aromatic carbocycles. The summed E-state index contributed by atoms with van der Waals surface area (Å²) in [6, 6.07) is 0.989. The molecular formula is C47H86N8O11. The van der Waals surface area contributed by atoms with Crippen LogP contribution in [0.2, 0.25) is 0 Å². The molecule has 1 aromatic heterocycles. The predicted octanol–water partition coefficient (Wildman–Crippen LogP) is 5.22. The van der Waals surface area contributed by atoms with Gasteiger partial charge in [-0.2, -0.15) is 0 Å². The lowest BCUT2D eigenvalue weighted by Gasteiger charge is -2.19. The zero-order chi connectivity index (χ0) is 48.1. The predicted molar refractivity (Wildman–Crippen MR) is 254 cm³/mol. The molecule has 19 nitrogen and oxygen atoms in total. The van der Waals surface area contributed by atoms with Crippen LogP contribution >= 0.6 is 0 Å². The highest BCUT2D eigenvalue weighted by Crippen LogP contribution is 2.18. The van der Waals surface area contributed by atoms with Gasteiger partial charge in [-0.15, -0.1) is 0 Å². The van der Waals surface area contributed by atoms with Gasteiger partial charge in [-0.25, -0.2) is 42.5 Å². The van der Waals surface area contributed by atoms with Crippen LogP contribution in [0.15, 0.2) is 14.4 Å². The van der Waals surface area contributed by atoms with E-state index in [1.54, 1.807) is 13.8 Å². The molecule has 0 saturated carbocycles. The molecule has 0 radical (unpaired) electrons. The molecule has 2 aliphatic rings. The molecule has 1 aromatic rings. The van der Waals surface area contributed by atoms with E-state index in [2.05, 4.69) is 53.4 Å². The fourth-order valence-corrected chi connectivity index (χ4v) is 7.50. The van der Waals surface area contributed by atoms with Gasteiger partial charge < -0.3 is 39.6 Å². The Hall–Kier alpha value is -3.94. The molecule has 3 heterocycles. The van der Waals surface area contributed by atoms with Crippen LogP contribution in [-0.4, -0.2) is 144 Å². The molecule has 6 unspecified atom stereocenters. The van der Waals surface area contributed by atoms with Crippen LogP contribution < -0.4 is 33.0 Å². The number of hydrogen-bond donors (Lipinski definition) is 3. The van der Waals surface area contributed by atoms with Crippen molar-refractivity contribution in [3.63, 3.8) is 0 Å². The fraction of sp³-hybridized carbons (Fsp3) is 0.872. The smallest absolute Gasteiger partial charge is 0.407 e. The normalized spacial score (nSPS) is 18.4. The lowest BCUT2D eigenvalue weighted by atomic mass is 10.2. The summed E-state index contributed by atoms with van der Waals surface area (Å²) in [5, 5.41) is 8.41. The molecule has 3 N–H and O–H groups in total. The van der Waals surface area contributed by atoms with Gasteiger partial charge in [0.2, 0.25) is 0 Å². The monoisotopic (exact) mass is 939 g/mol. The third-order valence-corrected chi connectivity index (χ3v) is 11.8. The number of aromatic nitrogens is 3. The van der Waals surface area contributed by atoms with E-state index in [1.165, 1.54) is 13.7 Å². The summed E-state index contributed by atoms with van der Waals surface area (Å²) in [6.07, 6.45) is 9.99. The molecule has 2 aliphatic heterocycles. The number of ether oxygens (including phenoxy) is 5. The number of carbonyl (C=O) groups is 3. The number of carbonyl (C=O) groups excluding carboxylic acids is 3. The third kappa shape index (κ3) is 23.7. The van der Waals surface area contributed by atoms with Crippen molar-refractivity contribution in [2.75, 3.05) is 72.2 Å². The number of amides is 3. The Morgan fingerprint density at radius 2 is 0.833 bits per heavy atom. The molecule has 3 amide bonds. The van der Waals surface area contributed by atoms with Crippen molar-refractivity contribution in [2.24, 2.45) is 0 Å². The molecule has 19 heteroatoms. The Morgan fingerprint density at radius 1 is 0.515 bits per heavy atom. The van der Waals surface area contributed by atoms with Crippen molar-refractivity contribution in [3.8, 4) is 0 Å². The summed E-state index contributed by atoms with van der Waals surface area (Å²) in [4.78, 5) is 82.4. The van der Waals surface area contributed by atoms with Gasteiger partial charge in [-0.1, -0.05) is 65.2 Å². The van der Waals surface area contributed by atoms with Crippen LogP contribution in [0.1, 0.15) is 144 Å². The van der Waals surface area contributed by atoms with E-state index in [9.17, 15) is 28.8 Å². The summed E-state index contributed by atoms with van der Waals surface area (Å²) in [7, 11) is 0. The van der Waals surface area contributed by atoms with E-state index >= 15 is 0 Å². The second kappa shape index (κ2) is 32.7. The van der Waals surface area contributed by atoms with E-state index < -0.39 is 35.3 Å². The van der Waals surface area contributed by atoms with Gasteiger partial charge in [0.1, 0.15) is 12.2 Å². The zero-order valence-electron chi connectivity index (χ0n) is 41.3. The van der Waals surface area contributed by atoms with E-state index in [0.29, 0.717) is 116 Å². The van der Waals surface area contributed by atoms with Gasteiger partial charge in [0.15, 0.2) is 0 Å². The average molecular weight is 939 g/mol. The molecule has 3 rings (SSSR count). The summed E-state index contributed by atoms with van der Waals surface area (Å²) in [5.41, 5.74) is -1.82. The van der Waals surface area contributed by atoms with Crippen molar-refractivity contribution in [1.82, 2.24) is 39.5 Å². The van der Waals surface area contributed by atoms with Crippen LogP contribution in [0.4, 0.5) is 14.4 Å². The van der Waals surface area contributed by atoms with Crippen LogP contribution in [0.25, 0.3) is 0 Å². The minimum absolute atomic E-state index is 0.171. The van der Waals surface area contributed by atoms with Crippen molar-refractivity contribution in [2.45, 2.75) is 194 Å². The van der Waals surface area contributed by atoms with Gasteiger partial charge in [-0.05, 0) is 79.1 Å². The Balaban J connectivity index is 1.47. The molecule has 380 valence electrons. The highest BCUT2D eigenvalue weighted by atomic mass is 16.6. The average Bonchev–Trinajstić information content (AvgIpc) is 4.18. The first-order valence-electron chi connectivity index (χ1n) is 25.3. The van der Waals surface area contributed by atoms with E-state index in [0.717, 1.165) is 70.9 Å². The number of alkyl carbamates (subject to hydrolysis) is 3. The van der Waals surface area contributed by atoms with Gasteiger partial charge in [0.25, 0.3) is 0 Å². The number of rotatable bonds is 38. The minimum atomic E-state index is -0.607. The molecule has 2 saturated heterocycles. The van der Waals surface area contributed by atoms with Crippen LogP contribution in [-0.2, 0) is 43.3 Å². The first kappa shape index (κ1) is 56.4. The maximum absolute atomic E-state index is 13.7. The summed E-state index contributed by atoms with van der Waals surface area (Å²) in [6.45, 7) is 19.2. The summed E-state index contributed by atoms with van der Waals surface area (Å²) < 4.78 is 31.5. The van der Waals surface area contributed by atoms with Crippen LogP contribution in [0.5, 0.6) is 0 Å². The van der Waals surface area contributed by atoms with Crippen molar-refractivity contribution in [1.29, 1.82) is 0 Å². The first-order chi connectivity index (χ1) is 31.8. The van der Waals surface area contributed by atoms with Crippen LogP contribution in [0, 0.1) is 0 Å². The Kier molecular flexibility index (Phi) is 27.9. The van der Waals surface area contributed by atoms with E-state index in [4.69, 9.17) is 23.7 Å². The Bertz CT molecular complexity index is 1620. The van der Waals surface area contributed by atoms with E-state index in [1.807, 2.05) is 0 Å². The molecule has 6 atom stereocenters. The summed E-state index contributed by atoms with van der Waals surface area (Å²) in [5.74, 6) is 0. The topological polar surface area (TPSA) is 205 Å². The molecule has 66 heavy (non-hydrogen) atoms. The zero-order valence-corrected chi connectivity index (χ0v) is 41.3. The van der Waals surface area contributed by atoms with E-state index in [-0.39, 0.29) is 37.9 Å². The molecule has 0 aliphatic carbocycles. The Labute approximate surface area is 392 Å². The van der Waals surface area contributed by atoms with Gasteiger partial charge in [-0.3, -0.25) is 9.80 Å². The van der Waals surface area contributed by atoms with Gasteiger partial charge in [0.05, 0.1) is 19.3 Å². The molecule has 2 fully saturated rings. The van der Waals surface area contributed by atoms with Gasteiger partial charge in [0, 0.05) is 90.7 Å². The number of hydrogen-bond acceptors (Lipinski definition) is 13. The third-order valence-electron chi connectivity index (χ3n) is 11.8. The van der Waals surface area contributed by atoms with Crippen molar-refractivity contribution >= 4 is 18.3 Å². The highest BCUT2D eigenvalue weighted by molar-refractivity contribution is 5.68. The van der Waals surface area contributed by atoms with Gasteiger partial charge >= 0.3 is 35.3 Å². The minimum Gasteiger partial charge on any atom is -0.447 e. The van der Waals surface area contributed by atoms with Crippen LogP contribution in [0.3, 0.4) is 0 Å². The second-order valence-corrected chi connectivity index (χ2v) is 18.3. The maximum Gasteiger partial charge on any atom is 0.407 e. The number of nitrogens with zero attached hydrogens (tertiary/aromatic N) is 5. The lowest BCUT2D eigenvalue weighted by Crippen LogP contribution is -2.54. The highest BCUT2D eigenvalue weighted by Gasteiger charge is 2.33. The van der Waals surface area contributed by atoms with Crippen molar-refractivity contribution < 1.29 is 38.1 Å². The Morgan fingerprint density at radius 3 is 1.14 bits per heavy atom. The first-order valence-corrected chi connectivity index (χ1v) is 25.3. The second-order valence-electron chi connectivity index (χ2n) is 18.3. The lowest BCUT2D eigenvalue weighted by molar-refractivity contribution is 0.0124. The number of unbranched alkanes of at least 4 members (excludes halogenated alkanes) is 11. The molecule has 0 bridgehead atoms. The SMILES string of the molecule is CCCCOCC(CN1CC1C)OC(=O)NCCCCCCn1c(=O)n(CCCCCCNC(=O)OC(C)C)c(=O)n(CCCCCCNC(=O)OC(COCCCC)CN2CC2C)c1=O. The maximum atomic E-state index is 13.7.